The third-order valence-electron chi connectivity index (χ3n) is 3.53. The summed E-state index contributed by atoms with van der Waals surface area (Å²) in [5.74, 6) is 0.0188. The monoisotopic (exact) mass is 345 g/mol. The van der Waals surface area contributed by atoms with Crippen molar-refractivity contribution < 1.29 is 21.3 Å². The second-order valence-electron chi connectivity index (χ2n) is 5.43. The first-order valence-corrected chi connectivity index (χ1v) is 10.4. The number of hydrogen-bond donors (Lipinski definition) is 0. The summed E-state index contributed by atoms with van der Waals surface area (Å²) in [6.07, 6.45) is 3.81. The van der Waals surface area contributed by atoms with Gasteiger partial charge in [-0.1, -0.05) is 16.7 Å². The van der Waals surface area contributed by atoms with Crippen molar-refractivity contribution in [1.29, 1.82) is 0 Å². The summed E-state index contributed by atoms with van der Waals surface area (Å²) in [5, 5.41) is 0.965. The highest BCUT2D eigenvalue weighted by molar-refractivity contribution is 8.03. The first-order chi connectivity index (χ1) is 10.1. The van der Waals surface area contributed by atoms with Crippen molar-refractivity contribution in [2.45, 2.75) is 19.3 Å². The van der Waals surface area contributed by atoms with E-state index >= 15 is 0 Å². The Morgan fingerprint density at radius 1 is 1.09 bits per heavy atom. The lowest BCUT2D eigenvalue weighted by Crippen LogP contribution is -2.36. The van der Waals surface area contributed by atoms with Crippen molar-refractivity contribution in [3.63, 3.8) is 0 Å². The number of benzene rings is 1. The summed E-state index contributed by atoms with van der Waals surface area (Å²) in [7, 11) is -7.59. The molecule has 0 radical (unpaired) electrons. The van der Waals surface area contributed by atoms with E-state index in [0.29, 0.717) is 10.1 Å². The fraction of sp³-hybridized carbons (Fsp3) is 0.429. The first-order valence-electron chi connectivity index (χ1n) is 6.74. The van der Waals surface area contributed by atoms with Gasteiger partial charge in [-0.15, -0.1) is 0 Å². The van der Waals surface area contributed by atoms with Crippen LogP contribution in [0.2, 0.25) is 0 Å². The number of nitrogens with zero attached hydrogens (tertiary/aromatic N) is 1. The topological polar surface area (TPSA) is 84.7 Å². The molecule has 1 heterocycles. The Bertz CT molecular complexity index is 836. The van der Waals surface area contributed by atoms with Gasteiger partial charge in [0, 0.05) is 11.9 Å². The number of fused-ring (bicyclic) bond motifs is 1. The molecule has 0 spiro atoms. The van der Waals surface area contributed by atoms with Crippen molar-refractivity contribution in [3.8, 4) is 0 Å². The Labute approximate surface area is 130 Å². The van der Waals surface area contributed by atoms with Crippen LogP contribution >= 0.6 is 0 Å². The molecule has 0 N–H and O–H groups in total. The second kappa shape index (κ2) is 6.02. The van der Waals surface area contributed by atoms with Crippen LogP contribution in [0, 0.1) is 0 Å². The fourth-order valence-corrected chi connectivity index (χ4v) is 5.18. The van der Waals surface area contributed by atoms with E-state index in [1.807, 2.05) is 31.2 Å². The van der Waals surface area contributed by atoms with Crippen molar-refractivity contribution in [2.75, 3.05) is 19.1 Å². The summed E-state index contributed by atoms with van der Waals surface area (Å²) >= 11 is 0. The van der Waals surface area contributed by atoms with Gasteiger partial charge in [0.2, 0.25) is 20.0 Å². The van der Waals surface area contributed by atoms with Crippen LogP contribution in [0.25, 0.3) is 11.0 Å². The van der Waals surface area contributed by atoms with Gasteiger partial charge < -0.3 is 4.42 Å². The van der Waals surface area contributed by atoms with Crippen LogP contribution in [-0.2, 0) is 20.0 Å². The molecule has 8 heteroatoms. The van der Waals surface area contributed by atoms with E-state index in [-0.39, 0.29) is 12.5 Å². The molecule has 1 aromatic carbocycles. The molecule has 0 bridgehead atoms. The van der Waals surface area contributed by atoms with E-state index in [1.54, 1.807) is 6.26 Å². The van der Waals surface area contributed by atoms with Gasteiger partial charge in [-0.3, -0.25) is 0 Å². The second-order valence-corrected chi connectivity index (χ2v) is 9.47. The Balaban J connectivity index is 2.15. The van der Waals surface area contributed by atoms with Crippen LogP contribution in [-0.4, -0.2) is 39.6 Å². The van der Waals surface area contributed by atoms with Crippen LogP contribution in [0.15, 0.2) is 34.9 Å². The number of rotatable bonds is 6. The predicted octanol–water partition coefficient (Wildman–Crippen LogP) is 2.15. The lowest BCUT2D eigenvalue weighted by atomic mass is 9.97. The maximum atomic E-state index is 11.6. The molecule has 0 aliphatic heterocycles. The molecule has 22 heavy (non-hydrogen) atoms. The summed E-state index contributed by atoms with van der Waals surface area (Å²) < 4.78 is 52.2. The zero-order valence-corrected chi connectivity index (χ0v) is 14.3. The van der Waals surface area contributed by atoms with E-state index in [0.717, 1.165) is 29.0 Å². The Hall–Kier alpha value is -1.38. The molecule has 0 saturated heterocycles. The highest BCUT2D eigenvalue weighted by atomic mass is 32.3. The van der Waals surface area contributed by atoms with Gasteiger partial charge in [0.05, 0.1) is 18.8 Å². The van der Waals surface area contributed by atoms with Crippen molar-refractivity contribution in [2.24, 2.45) is 0 Å². The van der Waals surface area contributed by atoms with Gasteiger partial charge >= 0.3 is 0 Å². The molecule has 1 aromatic heterocycles. The molecule has 0 saturated carbocycles. The largest absolute Gasteiger partial charge is 0.464 e. The average Bonchev–Trinajstić information content (AvgIpc) is 2.82. The third-order valence-corrected chi connectivity index (χ3v) is 7.00. The molecule has 0 aliphatic carbocycles. The van der Waals surface area contributed by atoms with E-state index in [2.05, 4.69) is 0 Å². The minimum atomic E-state index is -3.80. The lowest BCUT2D eigenvalue weighted by molar-refractivity contribution is 0.486. The molecule has 0 aliphatic rings. The van der Waals surface area contributed by atoms with E-state index in [4.69, 9.17) is 4.42 Å². The summed E-state index contributed by atoms with van der Waals surface area (Å²) in [6.45, 7) is 1.87. The minimum Gasteiger partial charge on any atom is -0.464 e. The van der Waals surface area contributed by atoms with Crippen molar-refractivity contribution in [1.82, 2.24) is 3.71 Å². The van der Waals surface area contributed by atoms with Crippen LogP contribution in [0.4, 0.5) is 0 Å². The number of furan rings is 1. The number of sulfonamides is 2. The molecule has 1 unspecified atom stereocenters. The number of hydrogen-bond acceptors (Lipinski definition) is 5. The van der Waals surface area contributed by atoms with Crippen molar-refractivity contribution in [3.05, 3.63) is 36.1 Å². The summed E-state index contributed by atoms with van der Waals surface area (Å²) in [6, 6.07) is 7.58. The van der Waals surface area contributed by atoms with Crippen LogP contribution < -0.4 is 0 Å². The van der Waals surface area contributed by atoms with Gasteiger partial charge in [-0.05, 0) is 36.1 Å². The third kappa shape index (κ3) is 3.88. The molecule has 6 nitrogen and oxygen atoms in total. The lowest BCUT2D eigenvalue weighted by Gasteiger charge is -2.20. The molecule has 0 fully saturated rings. The van der Waals surface area contributed by atoms with E-state index in [9.17, 15) is 16.8 Å². The zero-order valence-electron chi connectivity index (χ0n) is 12.7. The average molecular weight is 345 g/mol. The molecule has 1 atom stereocenters. The van der Waals surface area contributed by atoms with E-state index < -0.39 is 20.0 Å². The molecule has 0 amide bonds. The maximum absolute atomic E-state index is 11.6. The van der Waals surface area contributed by atoms with Gasteiger partial charge in [-0.2, -0.15) is 0 Å². The van der Waals surface area contributed by atoms with Gasteiger partial charge in [0.1, 0.15) is 5.58 Å². The Morgan fingerprint density at radius 3 is 2.32 bits per heavy atom. The highest BCUT2D eigenvalue weighted by Gasteiger charge is 2.27. The van der Waals surface area contributed by atoms with Gasteiger partial charge in [-0.25, -0.2) is 16.8 Å². The normalized spacial score (nSPS) is 14.5. The SMILES string of the molecule is CC(CCN(S(C)(=O)=O)S(C)(=O)=O)c1ccc2occc2c1. The van der Waals surface area contributed by atoms with E-state index in [1.165, 1.54) is 0 Å². The summed E-state index contributed by atoms with van der Waals surface area (Å²) in [5.41, 5.74) is 1.79. The molecular weight excluding hydrogens is 326 g/mol. The molecule has 2 rings (SSSR count). The van der Waals surface area contributed by atoms with Gasteiger partial charge in [0.15, 0.2) is 0 Å². The smallest absolute Gasteiger partial charge is 0.224 e. The summed E-state index contributed by atoms with van der Waals surface area (Å²) in [4.78, 5) is 0. The van der Waals surface area contributed by atoms with Crippen LogP contribution in [0.5, 0.6) is 0 Å². The zero-order chi connectivity index (χ0) is 16.5. The maximum Gasteiger partial charge on any atom is 0.224 e. The Kier molecular flexibility index (Phi) is 4.65. The van der Waals surface area contributed by atoms with Crippen LogP contribution in [0.1, 0.15) is 24.8 Å². The standard InChI is InChI=1S/C14H19NO5S2/c1-11(6-8-15(21(2,16)17)22(3,18)19)12-4-5-14-13(10-12)7-9-20-14/h4-5,7,9-11H,6,8H2,1-3H3. The fourth-order valence-electron chi connectivity index (χ4n) is 2.33. The molecular formula is C14H19NO5S2. The quantitative estimate of drug-likeness (QED) is 0.801. The Morgan fingerprint density at radius 2 is 1.73 bits per heavy atom. The van der Waals surface area contributed by atoms with Crippen molar-refractivity contribution >= 4 is 31.0 Å². The van der Waals surface area contributed by atoms with Gasteiger partial charge in [0.25, 0.3) is 0 Å². The minimum absolute atomic E-state index is 0.0188. The first kappa shape index (κ1) is 17.0. The highest BCUT2D eigenvalue weighted by Crippen LogP contribution is 2.25. The van der Waals surface area contributed by atoms with Crippen LogP contribution in [0.3, 0.4) is 0 Å². The molecule has 122 valence electrons. The predicted molar refractivity (Wildman–Crippen MR) is 85.6 cm³/mol. The molecule has 2 aromatic rings.